The van der Waals surface area contributed by atoms with Gasteiger partial charge in [-0.25, -0.2) is 9.37 Å². The van der Waals surface area contributed by atoms with E-state index in [0.29, 0.717) is 24.6 Å². The molecule has 1 aliphatic rings. The first-order valence-corrected chi connectivity index (χ1v) is 12.9. The average Bonchev–Trinajstić information content (AvgIpc) is 3.28. The van der Waals surface area contributed by atoms with Crippen LogP contribution < -0.4 is 10.2 Å². The molecule has 35 heavy (non-hydrogen) atoms. The summed E-state index contributed by atoms with van der Waals surface area (Å²) in [6.07, 6.45) is 4.66. The predicted molar refractivity (Wildman–Crippen MR) is 140 cm³/mol. The highest BCUT2D eigenvalue weighted by Gasteiger charge is 2.21. The number of amides is 1. The first kappa shape index (κ1) is 23.5. The maximum atomic E-state index is 13.2. The second kappa shape index (κ2) is 10.2. The van der Waals surface area contributed by atoms with Gasteiger partial charge < -0.3 is 10.2 Å². The molecule has 0 unspecified atom stereocenters. The smallest absolute Gasteiger partial charge is 0.270 e. The number of benzene rings is 2. The van der Waals surface area contributed by atoms with Gasteiger partial charge in [0, 0.05) is 31.5 Å². The zero-order chi connectivity index (χ0) is 24.4. The number of nitrogens with zero attached hydrogens (tertiary/aromatic N) is 3. The molecule has 0 spiro atoms. The predicted octanol–water partition coefficient (Wildman–Crippen LogP) is 6.11. The van der Waals surface area contributed by atoms with Crippen molar-refractivity contribution in [2.45, 2.75) is 38.6 Å². The van der Waals surface area contributed by atoms with Gasteiger partial charge >= 0.3 is 0 Å². The number of aromatic nitrogens is 2. The number of carbonyl (C=O) groups excluding carboxylic acids is 1. The number of anilines is 1. The summed E-state index contributed by atoms with van der Waals surface area (Å²) in [5, 5.41) is 3.06. The Hall–Kier alpha value is -3.19. The number of imidazole rings is 1. The van der Waals surface area contributed by atoms with E-state index < -0.39 is 0 Å². The van der Waals surface area contributed by atoms with E-state index in [1.54, 1.807) is 12.1 Å². The lowest BCUT2D eigenvalue weighted by molar-refractivity contribution is 0.0944. The second-order valence-corrected chi connectivity index (χ2v) is 9.83. The van der Waals surface area contributed by atoms with E-state index in [0.717, 1.165) is 47.3 Å². The molecule has 4 aromatic rings. The van der Waals surface area contributed by atoms with Gasteiger partial charge in [0.15, 0.2) is 5.65 Å². The molecular formula is C28H28BrFN4O. The van der Waals surface area contributed by atoms with Gasteiger partial charge in [0.05, 0.1) is 10.2 Å². The lowest BCUT2D eigenvalue weighted by Crippen LogP contribution is -2.32. The van der Waals surface area contributed by atoms with Crippen LogP contribution in [-0.4, -0.2) is 28.4 Å². The van der Waals surface area contributed by atoms with Gasteiger partial charge in [-0.2, -0.15) is 0 Å². The van der Waals surface area contributed by atoms with Crippen LogP contribution in [0.2, 0.25) is 0 Å². The van der Waals surface area contributed by atoms with Crippen molar-refractivity contribution in [3.63, 3.8) is 0 Å². The summed E-state index contributed by atoms with van der Waals surface area (Å²) in [5.41, 5.74) is 5.59. The number of halogens is 2. The molecule has 1 fully saturated rings. The van der Waals surface area contributed by atoms with E-state index in [4.69, 9.17) is 0 Å². The maximum Gasteiger partial charge on any atom is 0.270 e. The number of piperidine rings is 1. The third kappa shape index (κ3) is 4.96. The first-order valence-electron chi connectivity index (χ1n) is 12.1. The summed E-state index contributed by atoms with van der Waals surface area (Å²) in [6, 6.07) is 19.2. The Kier molecular flexibility index (Phi) is 6.86. The van der Waals surface area contributed by atoms with Gasteiger partial charge in [-0.05, 0) is 88.6 Å². The van der Waals surface area contributed by atoms with Crippen molar-refractivity contribution in [2.24, 2.45) is 0 Å². The molecule has 2 aromatic carbocycles. The Morgan fingerprint density at radius 1 is 1.09 bits per heavy atom. The summed E-state index contributed by atoms with van der Waals surface area (Å²) in [4.78, 5) is 20.1. The van der Waals surface area contributed by atoms with E-state index in [2.05, 4.69) is 55.4 Å². The monoisotopic (exact) mass is 534 g/mol. The number of pyridine rings is 1. The average molecular weight is 535 g/mol. The van der Waals surface area contributed by atoms with Crippen LogP contribution >= 0.6 is 15.9 Å². The van der Waals surface area contributed by atoms with Crippen molar-refractivity contribution in [3.8, 4) is 0 Å². The Balaban J connectivity index is 1.20. The minimum absolute atomic E-state index is 0.126. The van der Waals surface area contributed by atoms with E-state index in [9.17, 15) is 9.18 Å². The van der Waals surface area contributed by atoms with Crippen LogP contribution in [0, 0.1) is 5.82 Å². The van der Waals surface area contributed by atoms with Crippen LogP contribution in [0.5, 0.6) is 0 Å². The van der Waals surface area contributed by atoms with Crippen LogP contribution in [-0.2, 0) is 13.0 Å². The minimum Gasteiger partial charge on any atom is -0.371 e. The molecule has 5 nitrogen and oxygen atoms in total. The molecule has 5 rings (SSSR count). The van der Waals surface area contributed by atoms with Crippen molar-refractivity contribution in [3.05, 3.63) is 99.7 Å². The van der Waals surface area contributed by atoms with E-state index in [1.807, 2.05) is 41.8 Å². The molecule has 0 atom stereocenters. The number of hydrogen-bond acceptors (Lipinski definition) is 3. The number of carbonyl (C=O) groups is 1. The molecule has 0 bridgehead atoms. The van der Waals surface area contributed by atoms with E-state index in [-0.39, 0.29) is 11.7 Å². The Morgan fingerprint density at radius 3 is 2.49 bits per heavy atom. The highest BCUT2D eigenvalue weighted by atomic mass is 79.9. The summed E-state index contributed by atoms with van der Waals surface area (Å²) >= 11 is 3.52. The van der Waals surface area contributed by atoms with Crippen molar-refractivity contribution in [1.29, 1.82) is 0 Å². The largest absolute Gasteiger partial charge is 0.371 e. The van der Waals surface area contributed by atoms with Crippen LogP contribution in [0.1, 0.15) is 53.0 Å². The fraction of sp³-hybridized carbons (Fsp3) is 0.286. The van der Waals surface area contributed by atoms with Crippen LogP contribution in [0.25, 0.3) is 5.65 Å². The second-order valence-electron chi connectivity index (χ2n) is 8.97. The fourth-order valence-electron chi connectivity index (χ4n) is 4.86. The molecule has 0 saturated carbocycles. The highest BCUT2D eigenvalue weighted by molar-refractivity contribution is 9.10. The van der Waals surface area contributed by atoms with E-state index >= 15 is 0 Å². The Morgan fingerprint density at radius 2 is 1.80 bits per heavy atom. The molecule has 7 heteroatoms. The minimum atomic E-state index is -0.181. The first-order chi connectivity index (χ1) is 17.0. The number of rotatable bonds is 6. The van der Waals surface area contributed by atoms with Gasteiger partial charge in [-0.1, -0.05) is 31.2 Å². The summed E-state index contributed by atoms with van der Waals surface area (Å²) in [6.45, 7) is 4.41. The quantitative estimate of drug-likeness (QED) is 0.324. The lowest BCUT2D eigenvalue weighted by atomic mass is 9.89. The SMILES string of the molecule is CCc1nc2c(Br)cccn2c1C(=O)NCc1ccc(N2CCC(c3ccc(F)cc3)CC2)cc1. The maximum absolute atomic E-state index is 13.2. The van der Waals surface area contributed by atoms with Gasteiger partial charge in [0.25, 0.3) is 5.91 Å². The number of hydrogen-bond donors (Lipinski definition) is 1. The van der Waals surface area contributed by atoms with Gasteiger partial charge in [-0.3, -0.25) is 9.20 Å². The normalized spacial score (nSPS) is 14.4. The topological polar surface area (TPSA) is 49.6 Å². The number of nitrogens with one attached hydrogen (secondary N) is 1. The molecule has 1 amide bonds. The van der Waals surface area contributed by atoms with Crippen LogP contribution in [0.15, 0.2) is 71.3 Å². The molecule has 3 heterocycles. The summed E-state index contributed by atoms with van der Waals surface area (Å²) in [7, 11) is 0. The third-order valence-electron chi connectivity index (χ3n) is 6.82. The van der Waals surface area contributed by atoms with Crippen LogP contribution in [0.4, 0.5) is 10.1 Å². The molecule has 0 aliphatic carbocycles. The highest BCUT2D eigenvalue weighted by Crippen LogP contribution is 2.30. The number of aryl methyl sites for hydroxylation is 1. The molecule has 2 aromatic heterocycles. The molecule has 1 aliphatic heterocycles. The molecule has 180 valence electrons. The molecule has 1 N–H and O–H groups in total. The van der Waals surface area contributed by atoms with Gasteiger partial charge in [-0.15, -0.1) is 0 Å². The van der Waals surface area contributed by atoms with Crippen molar-refractivity contribution in [1.82, 2.24) is 14.7 Å². The zero-order valence-electron chi connectivity index (χ0n) is 19.7. The van der Waals surface area contributed by atoms with Crippen molar-refractivity contribution in [2.75, 3.05) is 18.0 Å². The molecular weight excluding hydrogens is 507 g/mol. The standard InChI is InChI=1S/C28H28BrFN4O/c1-2-25-26(34-15-3-4-24(29)27(34)32-25)28(35)31-18-19-5-11-23(12-6-19)33-16-13-21(14-17-33)20-7-9-22(30)10-8-20/h3-12,15,21H,2,13-14,16-18H2,1H3,(H,31,35). The Labute approximate surface area is 213 Å². The van der Waals surface area contributed by atoms with E-state index in [1.165, 1.54) is 11.3 Å². The molecule has 0 radical (unpaired) electrons. The summed E-state index contributed by atoms with van der Waals surface area (Å²) in [5.74, 6) is 0.175. The number of fused-ring (bicyclic) bond motifs is 1. The molecule has 1 saturated heterocycles. The third-order valence-corrected chi connectivity index (χ3v) is 7.43. The lowest BCUT2D eigenvalue weighted by Gasteiger charge is -2.34. The Bertz CT molecular complexity index is 1330. The zero-order valence-corrected chi connectivity index (χ0v) is 21.3. The van der Waals surface area contributed by atoms with Crippen molar-refractivity contribution < 1.29 is 9.18 Å². The fourth-order valence-corrected chi connectivity index (χ4v) is 5.30. The van der Waals surface area contributed by atoms with Crippen LogP contribution in [0.3, 0.4) is 0 Å². The van der Waals surface area contributed by atoms with Gasteiger partial charge in [0.2, 0.25) is 0 Å². The summed E-state index contributed by atoms with van der Waals surface area (Å²) < 4.78 is 15.9. The van der Waals surface area contributed by atoms with Crippen molar-refractivity contribution >= 4 is 33.2 Å². The van der Waals surface area contributed by atoms with Gasteiger partial charge in [0.1, 0.15) is 11.5 Å².